The van der Waals surface area contributed by atoms with E-state index in [1.807, 2.05) is 0 Å². The molecule has 0 spiro atoms. The molecule has 0 unspecified atom stereocenters. The van der Waals surface area contributed by atoms with E-state index in [-0.39, 0.29) is 17.0 Å². The van der Waals surface area contributed by atoms with Gasteiger partial charge >= 0.3 is 11.9 Å². The van der Waals surface area contributed by atoms with Gasteiger partial charge in [0.2, 0.25) is 0 Å². The number of esters is 2. The van der Waals surface area contributed by atoms with Crippen molar-refractivity contribution in [2.24, 2.45) is 0 Å². The van der Waals surface area contributed by atoms with Crippen LogP contribution in [-0.4, -0.2) is 37.2 Å². The predicted molar refractivity (Wildman–Crippen MR) is 98.2 cm³/mol. The van der Waals surface area contributed by atoms with Gasteiger partial charge in [-0.2, -0.15) is 0 Å². The minimum atomic E-state index is -0.739. The number of phenols is 1. The third kappa shape index (κ3) is 5.33. The van der Waals surface area contributed by atoms with E-state index < -0.39 is 17.8 Å². The van der Waals surface area contributed by atoms with E-state index >= 15 is 0 Å². The second-order valence-corrected chi connectivity index (χ2v) is 5.25. The van der Waals surface area contributed by atoms with Gasteiger partial charge in [-0.15, -0.1) is 0 Å². The van der Waals surface area contributed by atoms with Crippen LogP contribution in [0, 0.1) is 0 Å². The maximum atomic E-state index is 12.2. The summed E-state index contributed by atoms with van der Waals surface area (Å²) in [7, 11) is 2.38. The topological polar surface area (TPSA) is 114 Å². The number of aromatic hydroxyl groups is 1. The van der Waals surface area contributed by atoms with Crippen LogP contribution in [0.1, 0.15) is 10.4 Å². The number of anilines is 2. The molecular formula is C19H18N2O6. The zero-order valence-electron chi connectivity index (χ0n) is 14.7. The first-order valence-electron chi connectivity index (χ1n) is 7.79. The molecule has 8 heteroatoms. The van der Waals surface area contributed by atoms with Crippen LogP contribution in [0.15, 0.2) is 60.3 Å². The van der Waals surface area contributed by atoms with Gasteiger partial charge in [-0.05, 0) is 36.4 Å². The zero-order valence-corrected chi connectivity index (χ0v) is 14.7. The van der Waals surface area contributed by atoms with Gasteiger partial charge < -0.3 is 25.2 Å². The number of hydrogen-bond donors (Lipinski definition) is 3. The summed E-state index contributed by atoms with van der Waals surface area (Å²) in [6.45, 7) is 0. The van der Waals surface area contributed by atoms with Gasteiger partial charge in [0.15, 0.2) is 0 Å². The molecule has 0 atom stereocenters. The van der Waals surface area contributed by atoms with Gasteiger partial charge in [0, 0.05) is 11.4 Å². The molecule has 0 aliphatic rings. The van der Waals surface area contributed by atoms with Gasteiger partial charge in [0.1, 0.15) is 11.4 Å². The number of rotatable bonds is 6. The Balaban J connectivity index is 2.11. The highest BCUT2D eigenvalue weighted by molar-refractivity contribution is 6.06. The van der Waals surface area contributed by atoms with E-state index in [1.165, 1.54) is 26.4 Å². The Morgan fingerprint density at radius 1 is 0.889 bits per heavy atom. The number of nitrogens with one attached hydrogen (secondary N) is 2. The SMILES string of the molecule is COC(=O)/C=C(/Nc1ccc(NC(=O)c2ccccc2O)cc1)C(=O)OC. The van der Waals surface area contributed by atoms with Gasteiger partial charge in [0.25, 0.3) is 5.91 Å². The summed E-state index contributed by atoms with van der Waals surface area (Å²) >= 11 is 0. The van der Waals surface area contributed by atoms with Gasteiger partial charge in [0.05, 0.1) is 25.9 Å². The molecule has 27 heavy (non-hydrogen) atoms. The largest absolute Gasteiger partial charge is 0.507 e. The normalized spacial score (nSPS) is 10.7. The van der Waals surface area contributed by atoms with Gasteiger partial charge in [-0.1, -0.05) is 12.1 Å². The van der Waals surface area contributed by atoms with Crippen LogP contribution in [-0.2, 0) is 19.1 Å². The van der Waals surface area contributed by atoms with Crippen molar-refractivity contribution in [3.05, 3.63) is 65.9 Å². The summed E-state index contributed by atoms with van der Waals surface area (Å²) in [5, 5.41) is 15.1. The lowest BCUT2D eigenvalue weighted by Crippen LogP contribution is -2.15. The quantitative estimate of drug-likeness (QED) is 0.528. The van der Waals surface area contributed by atoms with Crippen molar-refractivity contribution in [3.63, 3.8) is 0 Å². The minimum absolute atomic E-state index is 0.102. The molecule has 2 aromatic rings. The van der Waals surface area contributed by atoms with Crippen LogP contribution >= 0.6 is 0 Å². The van der Waals surface area contributed by atoms with E-state index in [2.05, 4.69) is 20.1 Å². The first-order valence-corrected chi connectivity index (χ1v) is 7.79. The number of hydrogen-bond acceptors (Lipinski definition) is 7. The first kappa shape index (κ1) is 19.5. The Morgan fingerprint density at radius 2 is 1.48 bits per heavy atom. The molecule has 0 aromatic heterocycles. The third-order valence-corrected chi connectivity index (χ3v) is 3.44. The molecule has 0 radical (unpaired) electrons. The molecule has 0 heterocycles. The van der Waals surface area contributed by atoms with Crippen molar-refractivity contribution >= 4 is 29.2 Å². The molecule has 0 aliphatic carbocycles. The number of carbonyl (C=O) groups excluding carboxylic acids is 3. The Hall–Kier alpha value is -3.81. The number of amides is 1. The summed E-state index contributed by atoms with van der Waals surface area (Å²) < 4.78 is 9.10. The molecule has 3 N–H and O–H groups in total. The molecule has 0 aliphatic heterocycles. The van der Waals surface area contributed by atoms with Crippen molar-refractivity contribution in [1.29, 1.82) is 0 Å². The Labute approximate surface area is 155 Å². The highest BCUT2D eigenvalue weighted by atomic mass is 16.5. The number of phenolic OH excluding ortho intramolecular Hbond substituents is 1. The fourth-order valence-electron chi connectivity index (χ4n) is 2.09. The number of para-hydroxylation sites is 1. The number of ether oxygens (including phenoxy) is 2. The average molecular weight is 370 g/mol. The monoisotopic (exact) mass is 370 g/mol. The predicted octanol–water partition coefficient (Wildman–Crippen LogP) is 2.29. The number of benzene rings is 2. The van der Waals surface area contributed by atoms with Crippen molar-refractivity contribution in [1.82, 2.24) is 0 Å². The lowest BCUT2D eigenvalue weighted by Gasteiger charge is -2.10. The standard InChI is InChI=1S/C19H18N2O6/c1-26-17(23)11-15(19(25)27-2)20-12-7-9-13(10-8-12)21-18(24)14-5-3-4-6-16(14)22/h3-11,20,22H,1-2H3,(H,21,24)/b15-11+. The second-order valence-electron chi connectivity index (χ2n) is 5.25. The maximum absolute atomic E-state index is 12.2. The number of carbonyl (C=O) groups is 3. The third-order valence-electron chi connectivity index (χ3n) is 3.44. The van der Waals surface area contributed by atoms with Crippen molar-refractivity contribution < 1.29 is 29.0 Å². The molecule has 0 saturated heterocycles. The molecular weight excluding hydrogens is 352 g/mol. The van der Waals surface area contributed by atoms with Crippen LogP contribution in [0.2, 0.25) is 0 Å². The zero-order chi connectivity index (χ0) is 19.8. The van der Waals surface area contributed by atoms with Gasteiger partial charge in [-0.25, -0.2) is 9.59 Å². The van der Waals surface area contributed by atoms with Crippen LogP contribution in [0.3, 0.4) is 0 Å². The van der Waals surface area contributed by atoms with E-state index in [0.717, 1.165) is 6.08 Å². The summed E-state index contributed by atoms with van der Waals surface area (Å²) in [6.07, 6.45) is 0.972. The second kappa shape index (κ2) is 9.04. The van der Waals surface area contributed by atoms with Crippen LogP contribution in [0.4, 0.5) is 11.4 Å². The lowest BCUT2D eigenvalue weighted by molar-refractivity contribution is -0.138. The number of methoxy groups -OCH3 is 2. The minimum Gasteiger partial charge on any atom is -0.507 e. The van der Waals surface area contributed by atoms with Gasteiger partial charge in [-0.3, -0.25) is 4.79 Å². The summed E-state index contributed by atoms with van der Waals surface area (Å²) in [5.41, 5.74) is 1.01. The summed E-state index contributed by atoms with van der Waals surface area (Å²) in [4.78, 5) is 35.3. The highest BCUT2D eigenvalue weighted by Gasteiger charge is 2.13. The van der Waals surface area contributed by atoms with Crippen LogP contribution < -0.4 is 10.6 Å². The summed E-state index contributed by atoms with van der Waals surface area (Å²) in [5.74, 6) is -2.04. The van der Waals surface area contributed by atoms with E-state index in [4.69, 9.17) is 0 Å². The molecule has 0 fully saturated rings. The average Bonchev–Trinajstić information content (AvgIpc) is 2.68. The molecule has 0 bridgehead atoms. The fourth-order valence-corrected chi connectivity index (χ4v) is 2.09. The Bertz CT molecular complexity index is 874. The van der Waals surface area contributed by atoms with Crippen LogP contribution in [0.5, 0.6) is 5.75 Å². The molecule has 2 aromatic carbocycles. The van der Waals surface area contributed by atoms with Crippen molar-refractivity contribution in [2.45, 2.75) is 0 Å². The molecule has 1 amide bonds. The molecule has 2 rings (SSSR count). The summed E-state index contributed by atoms with van der Waals surface area (Å²) in [6, 6.07) is 12.5. The van der Waals surface area contributed by atoms with Crippen molar-refractivity contribution in [3.8, 4) is 5.75 Å². The maximum Gasteiger partial charge on any atom is 0.354 e. The van der Waals surface area contributed by atoms with E-state index in [0.29, 0.717) is 11.4 Å². The van der Waals surface area contributed by atoms with Crippen molar-refractivity contribution in [2.75, 3.05) is 24.9 Å². The molecule has 140 valence electrons. The Kier molecular flexibility index (Phi) is 6.54. The molecule has 0 saturated carbocycles. The first-order chi connectivity index (χ1) is 12.9. The smallest absolute Gasteiger partial charge is 0.354 e. The van der Waals surface area contributed by atoms with Crippen LogP contribution in [0.25, 0.3) is 0 Å². The van der Waals surface area contributed by atoms with E-state index in [9.17, 15) is 19.5 Å². The Morgan fingerprint density at radius 3 is 2.04 bits per heavy atom. The van der Waals surface area contributed by atoms with E-state index in [1.54, 1.807) is 36.4 Å². The molecule has 8 nitrogen and oxygen atoms in total. The fraction of sp³-hybridized carbons (Fsp3) is 0.105. The highest BCUT2D eigenvalue weighted by Crippen LogP contribution is 2.20. The lowest BCUT2D eigenvalue weighted by atomic mass is 10.2.